The zero-order valence-corrected chi connectivity index (χ0v) is 13.1. The van der Waals surface area contributed by atoms with Crippen molar-refractivity contribution < 1.29 is 14.7 Å². The summed E-state index contributed by atoms with van der Waals surface area (Å²) in [6.07, 6.45) is 2.28. The fraction of sp³-hybridized carbons (Fsp3) is 0.467. The van der Waals surface area contributed by atoms with Crippen molar-refractivity contribution in [3.8, 4) is 0 Å². The van der Waals surface area contributed by atoms with Gasteiger partial charge in [0, 0.05) is 5.56 Å². The van der Waals surface area contributed by atoms with Gasteiger partial charge < -0.3 is 10.4 Å². The van der Waals surface area contributed by atoms with Gasteiger partial charge in [-0.25, -0.2) is 4.79 Å². The second-order valence-electron chi connectivity index (χ2n) is 5.39. The summed E-state index contributed by atoms with van der Waals surface area (Å²) in [5.74, 6) is 1.12. The topological polar surface area (TPSA) is 66.4 Å². The number of hydrogen-bond acceptors (Lipinski definition) is 4. The lowest BCUT2D eigenvalue weighted by atomic mass is 10.1. The first-order valence-electron chi connectivity index (χ1n) is 7.00. The Bertz CT molecular complexity index is 549. The molecule has 1 amide bonds. The quantitative estimate of drug-likeness (QED) is 0.892. The zero-order valence-electron chi connectivity index (χ0n) is 11.5. The number of hydrogen-bond donors (Lipinski definition) is 2. The first kappa shape index (κ1) is 14.8. The third kappa shape index (κ3) is 3.21. The standard InChI is InChI=1S/C15H17NO3S2/c17-12(16-15(6-7-15)14(18)19)10-2-4-11(5-3-10)13-20-8-1-9-21-13/h2-5,13H,1,6-9H2,(H,16,17)(H,18,19). The lowest BCUT2D eigenvalue weighted by Crippen LogP contribution is -2.43. The molecule has 1 saturated carbocycles. The average Bonchev–Trinajstić information content (AvgIpc) is 3.29. The molecule has 1 aliphatic carbocycles. The Kier molecular flexibility index (Phi) is 4.17. The van der Waals surface area contributed by atoms with Crippen LogP contribution in [0.3, 0.4) is 0 Å². The van der Waals surface area contributed by atoms with Crippen LogP contribution in [0.1, 0.15) is 39.8 Å². The molecule has 0 spiro atoms. The molecule has 0 atom stereocenters. The van der Waals surface area contributed by atoms with Crippen LogP contribution in [-0.4, -0.2) is 34.0 Å². The van der Waals surface area contributed by atoms with Gasteiger partial charge in [0.1, 0.15) is 5.54 Å². The smallest absolute Gasteiger partial charge is 0.329 e. The minimum absolute atomic E-state index is 0.301. The predicted octanol–water partition coefficient (Wildman–Crippen LogP) is 2.90. The van der Waals surface area contributed by atoms with Crippen LogP contribution in [0.15, 0.2) is 24.3 Å². The van der Waals surface area contributed by atoms with E-state index in [0.29, 0.717) is 23.0 Å². The molecular weight excluding hydrogens is 306 g/mol. The van der Waals surface area contributed by atoms with E-state index in [9.17, 15) is 9.59 Å². The van der Waals surface area contributed by atoms with E-state index in [1.807, 2.05) is 35.7 Å². The maximum absolute atomic E-state index is 12.1. The van der Waals surface area contributed by atoms with E-state index in [-0.39, 0.29) is 5.91 Å². The Balaban J connectivity index is 1.66. The third-order valence-corrected chi connectivity index (χ3v) is 6.80. The van der Waals surface area contributed by atoms with Gasteiger partial charge in [-0.3, -0.25) is 4.79 Å². The molecule has 6 heteroatoms. The van der Waals surface area contributed by atoms with Crippen molar-refractivity contribution in [2.24, 2.45) is 0 Å². The Hall–Kier alpha value is -1.14. The third-order valence-electron chi connectivity index (χ3n) is 3.78. The summed E-state index contributed by atoms with van der Waals surface area (Å²) in [5.41, 5.74) is 0.725. The number of benzene rings is 1. The molecule has 1 aromatic carbocycles. The molecule has 0 radical (unpaired) electrons. The monoisotopic (exact) mass is 323 g/mol. The number of thioether (sulfide) groups is 2. The highest BCUT2D eigenvalue weighted by Crippen LogP contribution is 2.43. The van der Waals surface area contributed by atoms with Crippen LogP contribution in [0.4, 0.5) is 0 Å². The van der Waals surface area contributed by atoms with E-state index in [2.05, 4.69) is 5.32 Å². The van der Waals surface area contributed by atoms with Crippen LogP contribution in [0.2, 0.25) is 0 Å². The highest BCUT2D eigenvalue weighted by molar-refractivity contribution is 8.16. The summed E-state index contributed by atoms with van der Waals surface area (Å²) in [6, 6.07) is 7.53. The number of carboxylic acid groups (broad SMARTS) is 1. The number of carbonyl (C=O) groups is 2. The molecule has 1 heterocycles. The number of carboxylic acids is 1. The van der Waals surface area contributed by atoms with Crippen LogP contribution < -0.4 is 5.32 Å². The predicted molar refractivity (Wildman–Crippen MR) is 85.8 cm³/mol. The second kappa shape index (κ2) is 5.93. The highest BCUT2D eigenvalue weighted by atomic mass is 32.2. The largest absolute Gasteiger partial charge is 0.480 e. The van der Waals surface area contributed by atoms with Gasteiger partial charge in [0.25, 0.3) is 5.91 Å². The molecule has 2 N–H and O–H groups in total. The minimum atomic E-state index is -1.02. The fourth-order valence-corrected chi connectivity index (χ4v) is 5.17. The van der Waals surface area contributed by atoms with Crippen molar-refractivity contribution in [2.45, 2.75) is 29.4 Å². The first-order valence-corrected chi connectivity index (χ1v) is 9.10. The number of amides is 1. The first-order chi connectivity index (χ1) is 10.1. The maximum atomic E-state index is 12.1. The van der Waals surface area contributed by atoms with Crippen molar-refractivity contribution in [2.75, 3.05) is 11.5 Å². The molecule has 4 nitrogen and oxygen atoms in total. The molecule has 1 saturated heterocycles. The Morgan fingerprint density at radius 3 is 2.29 bits per heavy atom. The summed E-state index contributed by atoms with van der Waals surface area (Å²) in [7, 11) is 0. The van der Waals surface area contributed by atoms with Gasteiger partial charge in [-0.2, -0.15) is 0 Å². The molecule has 0 aromatic heterocycles. The maximum Gasteiger partial charge on any atom is 0.329 e. The SMILES string of the molecule is O=C(NC1(C(=O)O)CC1)c1ccc(C2SCCCS2)cc1. The second-order valence-corrected chi connectivity index (χ2v) is 8.11. The molecule has 21 heavy (non-hydrogen) atoms. The summed E-state index contributed by atoms with van der Waals surface area (Å²) >= 11 is 3.88. The van der Waals surface area contributed by atoms with Crippen LogP contribution in [0, 0.1) is 0 Å². The summed E-state index contributed by atoms with van der Waals surface area (Å²) < 4.78 is 0.449. The molecule has 0 unspecified atom stereocenters. The van der Waals surface area contributed by atoms with Gasteiger partial charge in [0.2, 0.25) is 0 Å². The van der Waals surface area contributed by atoms with Gasteiger partial charge in [0.05, 0.1) is 4.58 Å². The molecule has 1 aliphatic heterocycles. The number of rotatable bonds is 4. The molecule has 2 fully saturated rings. The molecular formula is C15H17NO3S2. The van der Waals surface area contributed by atoms with Crippen LogP contribution in [-0.2, 0) is 4.79 Å². The average molecular weight is 323 g/mol. The summed E-state index contributed by atoms with van der Waals surface area (Å²) in [4.78, 5) is 23.2. The van der Waals surface area contributed by atoms with Crippen molar-refractivity contribution in [3.63, 3.8) is 0 Å². The van der Waals surface area contributed by atoms with Gasteiger partial charge >= 0.3 is 5.97 Å². The van der Waals surface area contributed by atoms with Gasteiger partial charge in [-0.15, -0.1) is 23.5 Å². The van der Waals surface area contributed by atoms with Crippen molar-refractivity contribution in [1.29, 1.82) is 0 Å². The van der Waals surface area contributed by atoms with E-state index in [1.54, 1.807) is 12.1 Å². The lowest BCUT2D eigenvalue weighted by molar-refractivity contribution is -0.140. The summed E-state index contributed by atoms with van der Waals surface area (Å²) in [6.45, 7) is 0. The number of aliphatic carboxylic acids is 1. The van der Waals surface area contributed by atoms with E-state index < -0.39 is 11.5 Å². The van der Waals surface area contributed by atoms with E-state index in [4.69, 9.17) is 5.11 Å². The Morgan fingerprint density at radius 2 is 1.76 bits per heavy atom. The molecule has 3 rings (SSSR count). The number of carbonyl (C=O) groups excluding carboxylic acids is 1. The Morgan fingerprint density at radius 1 is 1.14 bits per heavy atom. The van der Waals surface area contributed by atoms with Crippen molar-refractivity contribution in [3.05, 3.63) is 35.4 Å². The Labute approximate surface area is 132 Å². The van der Waals surface area contributed by atoms with Crippen LogP contribution in [0.5, 0.6) is 0 Å². The molecule has 1 aromatic rings. The van der Waals surface area contributed by atoms with Crippen LogP contribution in [0.25, 0.3) is 0 Å². The lowest BCUT2D eigenvalue weighted by Gasteiger charge is -2.21. The normalized spacial score (nSPS) is 20.8. The van der Waals surface area contributed by atoms with E-state index >= 15 is 0 Å². The molecule has 0 bridgehead atoms. The highest BCUT2D eigenvalue weighted by Gasteiger charge is 2.51. The van der Waals surface area contributed by atoms with Gasteiger partial charge in [-0.1, -0.05) is 12.1 Å². The van der Waals surface area contributed by atoms with E-state index in [0.717, 1.165) is 0 Å². The van der Waals surface area contributed by atoms with Gasteiger partial charge in [0.15, 0.2) is 0 Å². The van der Waals surface area contributed by atoms with Gasteiger partial charge in [-0.05, 0) is 48.5 Å². The molecule has 112 valence electrons. The number of nitrogens with one attached hydrogen (secondary N) is 1. The van der Waals surface area contributed by atoms with Crippen molar-refractivity contribution >= 4 is 35.4 Å². The minimum Gasteiger partial charge on any atom is -0.480 e. The van der Waals surface area contributed by atoms with E-state index in [1.165, 1.54) is 23.5 Å². The fourth-order valence-electron chi connectivity index (χ4n) is 2.28. The van der Waals surface area contributed by atoms with Crippen LogP contribution >= 0.6 is 23.5 Å². The summed E-state index contributed by atoms with van der Waals surface area (Å²) in [5, 5.41) is 11.7. The molecule has 2 aliphatic rings. The van der Waals surface area contributed by atoms with Crippen molar-refractivity contribution in [1.82, 2.24) is 5.32 Å². The zero-order chi connectivity index (χ0) is 14.9.